The maximum atomic E-state index is 13.0. The van der Waals surface area contributed by atoms with Crippen LogP contribution in [-0.4, -0.2) is 53.4 Å². The highest BCUT2D eigenvalue weighted by Gasteiger charge is 2.52. The Bertz CT molecular complexity index is 586. The second kappa shape index (κ2) is 5.96. The topological polar surface area (TPSA) is 66.9 Å². The second-order valence-corrected chi connectivity index (χ2v) is 9.52. The third kappa shape index (κ3) is 2.72. The lowest BCUT2D eigenvalue weighted by Crippen LogP contribution is -2.51. The molecule has 0 atom stereocenters. The number of likely N-dealkylation sites (tertiary alicyclic amines) is 1. The van der Waals surface area contributed by atoms with Gasteiger partial charge < -0.3 is 9.64 Å². The number of carbonyl (C=O) groups excluding carboxylic acids is 3. The summed E-state index contributed by atoms with van der Waals surface area (Å²) >= 11 is 0. The van der Waals surface area contributed by atoms with Crippen LogP contribution in [0.5, 0.6) is 0 Å². The van der Waals surface area contributed by atoms with Crippen molar-refractivity contribution in [1.29, 1.82) is 0 Å². The van der Waals surface area contributed by atoms with Gasteiger partial charge in [0.25, 0.3) is 5.91 Å². The van der Waals surface area contributed by atoms with E-state index in [0.29, 0.717) is 38.3 Å². The normalized spacial score (nSPS) is 39.6. The van der Waals surface area contributed by atoms with Crippen LogP contribution in [0.4, 0.5) is 4.79 Å². The molecule has 0 radical (unpaired) electrons. The maximum Gasteiger partial charge on any atom is 0.417 e. The van der Waals surface area contributed by atoms with Gasteiger partial charge in [0.2, 0.25) is 5.91 Å². The number of cyclic esters (lactones) is 1. The first-order chi connectivity index (χ1) is 12.5. The largest absolute Gasteiger partial charge is 0.439 e. The predicted octanol–water partition coefficient (Wildman–Crippen LogP) is 2.56. The first-order valence-corrected chi connectivity index (χ1v) is 10.3. The summed E-state index contributed by atoms with van der Waals surface area (Å²) < 4.78 is 4.82. The van der Waals surface area contributed by atoms with Crippen LogP contribution in [0.1, 0.15) is 57.8 Å². The van der Waals surface area contributed by atoms with Gasteiger partial charge in [0, 0.05) is 25.6 Å². The molecule has 6 rings (SSSR count). The minimum atomic E-state index is -0.520. The lowest BCUT2D eigenvalue weighted by Gasteiger charge is -2.57. The van der Waals surface area contributed by atoms with Gasteiger partial charge in [0.05, 0.1) is 0 Å². The summed E-state index contributed by atoms with van der Waals surface area (Å²) in [5.41, 5.74) is 0.275. The Morgan fingerprint density at radius 3 is 2.08 bits per heavy atom. The van der Waals surface area contributed by atoms with Gasteiger partial charge in [-0.15, -0.1) is 0 Å². The summed E-state index contributed by atoms with van der Waals surface area (Å²) in [5, 5.41) is 0. The zero-order valence-electron chi connectivity index (χ0n) is 15.3. The third-order valence-corrected chi connectivity index (χ3v) is 7.66. The Hall–Kier alpha value is -1.59. The average Bonchev–Trinajstić information content (AvgIpc) is 2.92. The summed E-state index contributed by atoms with van der Waals surface area (Å²) in [4.78, 5) is 39.8. The van der Waals surface area contributed by atoms with Crippen molar-refractivity contribution < 1.29 is 19.1 Å². The first-order valence-electron chi connectivity index (χ1n) is 10.3. The number of ether oxygens (including phenoxy) is 1. The monoisotopic (exact) mass is 360 g/mol. The number of piperidine rings is 1. The molecule has 6 nitrogen and oxygen atoms in total. The van der Waals surface area contributed by atoms with E-state index in [1.54, 1.807) is 0 Å². The second-order valence-electron chi connectivity index (χ2n) is 9.52. The van der Waals surface area contributed by atoms with Crippen LogP contribution in [0.25, 0.3) is 0 Å². The molecule has 26 heavy (non-hydrogen) atoms. The SMILES string of the molecule is O=C(CC12CC3CC(CC(C3)C1)C2)N1CCC(N2C(=O)COC2=O)CC1. The lowest BCUT2D eigenvalue weighted by molar-refractivity contribution is -0.141. The van der Waals surface area contributed by atoms with Crippen molar-refractivity contribution in [2.45, 2.75) is 63.8 Å². The average molecular weight is 360 g/mol. The van der Waals surface area contributed by atoms with Gasteiger partial charge in [-0.2, -0.15) is 0 Å². The summed E-state index contributed by atoms with van der Waals surface area (Å²) in [6, 6.07) is -0.110. The van der Waals surface area contributed by atoms with Crippen molar-refractivity contribution in [2.24, 2.45) is 23.2 Å². The Morgan fingerprint density at radius 1 is 1.00 bits per heavy atom. The van der Waals surface area contributed by atoms with E-state index in [0.717, 1.165) is 17.8 Å². The van der Waals surface area contributed by atoms with E-state index in [1.165, 1.54) is 43.4 Å². The fourth-order valence-corrected chi connectivity index (χ4v) is 7.03. The van der Waals surface area contributed by atoms with Gasteiger partial charge in [-0.25, -0.2) is 9.69 Å². The zero-order valence-corrected chi connectivity index (χ0v) is 15.3. The molecule has 4 bridgehead atoms. The molecule has 3 amide bonds. The highest BCUT2D eigenvalue weighted by atomic mass is 16.6. The van der Waals surface area contributed by atoms with E-state index >= 15 is 0 Å². The van der Waals surface area contributed by atoms with Crippen molar-refractivity contribution in [3.05, 3.63) is 0 Å². The molecule has 6 aliphatic rings. The quantitative estimate of drug-likeness (QED) is 0.776. The van der Waals surface area contributed by atoms with Crippen LogP contribution in [0.3, 0.4) is 0 Å². The van der Waals surface area contributed by atoms with E-state index < -0.39 is 6.09 Å². The lowest BCUT2D eigenvalue weighted by atomic mass is 9.49. The molecule has 0 aromatic carbocycles. The Kier molecular flexibility index (Phi) is 3.80. The Morgan fingerprint density at radius 2 is 1.58 bits per heavy atom. The summed E-state index contributed by atoms with van der Waals surface area (Å²) in [5.74, 6) is 2.65. The minimum absolute atomic E-state index is 0.110. The van der Waals surface area contributed by atoms with Gasteiger partial charge in [0.1, 0.15) is 0 Å². The highest BCUT2D eigenvalue weighted by Crippen LogP contribution is 2.61. The smallest absolute Gasteiger partial charge is 0.417 e. The number of hydrogen-bond donors (Lipinski definition) is 0. The molecule has 0 spiro atoms. The Labute approximate surface area is 154 Å². The first kappa shape index (κ1) is 16.6. The molecule has 0 unspecified atom stereocenters. The third-order valence-electron chi connectivity index (χ3n) is 7.66. The zero-order chi connectivity index (χ0) is 17.9. The number of rotatable bonds is 3. The van der Waals surface area contributed by atoms with E-state index in [4.69, 9.17) is 4.74 Å². The molecule has 0 aromatic rings. The van der Waals surface area contributed by atoms with Crippen LogP contribution in [0, 0.1) is 23.2 Å². The van der Waals surface area contributed by atoms with Crippen LogP contribution < -0.4 is 0 Å². The molecular weight excluding hydrogens is 332 g/mol. The van der Waals surface area contributed by atoms with E-state index in [-0.39, 0.29) is 24.0 Å². The van der Waals surface area contributed by atoms with Crippen molar-refractivity contribution in [1.82, 2.24) is 9.80 Å². The predicted molar refractivity (Wildman–Crippen MR) is 93.0 cm³/mol. The van der Waals surface area contributed by atoms with Crippen LogP contribution in [0.2, 0.25) is 0 Å². The summed E-state index contributed by atoms with van der Waals surface area (Å²) in [6.45, 7) is 1.16. The standard InChI is InChI=1S/C20H28N2O4/c23-17(11-20-8-13-5-14(9-20)7-15(6-13)10-20)21-3-1-16(2-4-21)22-18(24)12-26-19(22)25/h13-16H,1-12H2. The Balaban J connectivity index is 1.19. The minimum Gasteiger partial charge on any atom is -0.439 e. The molecule has 142 valence electrons. The number of carbonyl (C=O) groups is 3. The molecule has 6 heteroatoms. The molecule has 0 aromatic heterocycles. The molecule has 4 aliphatic carbocycles. The highest BCUT2D eigenvalue weighted by molar-refractivity contribution is 5.98. The molecular formula is C20H28N2O4. The molecule has 2 saturated heterocycles. The van der Waals surface area contributed by atoms with Gasteiger partial charge in [-0.05, 0) is 74.5 Å². The van der Waals surface area contributed by atoms with Crippen molar-refractivity contribution in [3.8, 4) is 0 Å². The molecule has 4 saturated carbocycles. The van der Waals surface area contributed by atoms with Crippen molar-refractivity contribution >= 4 is 17.9 Å². The number of hydrogen-bond acceptors (Lipinski definition) is 4. The van der Waals surface area contributed by atoms with Crippen LogP contribution in [-0.2, 0) is 14.3 Å². The van der Waals surface area contributed by atoms with Crippen molar-refractivity contribution in [2.75, 3.05) is 19.7 Å². The van der Waals surface area contributed by atoms with E-state index in [2.05, 4.69) is 0 Å². The fourth-order valence-electron chi connectivity index (χ4n) is 7.03. The van der Waals surface area contributed by atoms with Gasteiger partial charge >= 0.3 is 6.09 Å². The maximum absolute atomic E-state index is 13.0. The number of imide groups is 1. The molecule has 2 aliphatic heterocycles. The fraction of sp³-hybridized carbons (Fsp3) is 0.850. The molecule has 2 heterocycles. The van der Waals surface area contributed by atoms with Crippen molar-refractivity contribution in [3.63, 3.8) is 0 Å². The summed E-state index contributed by atoms with van der Waals surface area (Å²) in [7, 11) is 0. The molecule has 0 N–H and O–H groups in total. The van der Waals surface area contributed by atoms with E-state index in [1.807, 2.05) is 4.90 Å². The van der Waals surface area contributed by atoms with E-state index in [9.17, 15) is 14.4 Å². The molecule has 6 fully saturated rings. The van der Waals surface area contributed by atoms with Crippen LogP contribution in [0.15, 0.2) is 0 Å². The number of nitrogens with zero attached hydrogens (tertiary/aromatic N) is 2. The van der Waals surface area contributed by atoms with Gasteiger partial charge in [-0.1, -0.05) is 0 Å². The van der Waals surface area contributed by atoms with Crippen LogP contribution >= 0.6 is 0 Å². The number of amides is 3. The van der Waals surface area contributed by atoms with Gasteiger partial charge in [-0.3, -0.25) is 9.59 Å². The van der Waals surface area contributed by atoms with Gasteiger partial charge in [0.15, 0.2) is 6.61 Å². The summed E-state index contributed by atoms with van der Waals surface area (Å²) in [6.07, 6.45) is 9.52.